The summed E-state index contributed by atoms with van der Waals surface area (Å²) in [5.74, 6) is -0.467. The molecular formula is C19H18ClN5O3S2. The van der Waals surface area contributed by atoms with Crippen molar-refractivity contribution >= 4 is 44.0 Å². The van der Waals surface area contributed by atoms with Crippen LogP contribution >= 0.6 is 22.9 Å². The minimum atomic E-state index is -3.60. The molecule has 1 fully saturated rings. The first-order chi connectivity index (χ1) is 14.4. The lowest BCUT2D eigenvalue weighted by atomic mass is 9.97. The van der Waals surface area contributed by atoms with Gasteiger partial charge in [0.2, 0.25) is 21.1 Å². The van der Waals surface area contributed by atoms with Crippen LogP contribution < -0.4 is 5.32 Å². The number of carbonyl (C=O) groups is 1. The molecule has 1 aliphatic rings. The number of anilines is 1. The van der Waals surface area contributed by atoms with Crippen LogP contribution in [0.4, 0.5) is 5.13 Å². The van der Waals surface area contributed by atoms with Gasteiger partial charge in [-0.3, -0.25) is 9.78 Å². The van der Waals surface area contributed by atoms with E-state index in [0.717, 1.165) is 0 Å². The summed E-state index contributed by atoms with van der Waals surface area (Å²) >= 11 is 7.09. The van der Waals surface area contributed by atoms with E-state index < -0.39 is 10.0 Å². The zero-order valence-corrected chi connectivity index (χ0v) is 18.1. The summed E-state index contributed by atoms with van der Waals surface area (Å²) in [6.45, 7) is 0.552. The number of nitrogens with zero attached hydrogens (tertiary/aromatic N) is 4. The summed E-state index contributed by atoms with van der Waals surface area (Å²) < 4.78 is 26.9. The van der Waals surface area contributed by atoms with Crippen molar-refractivity contribution in [2.45, 2.75) is 17.7 Å². The van der Waals surface area contributed by atoms with E-state index in [1.165, 1.54) is 27.8 Å². The molecule has 0 spiro atoms. The van der Waals surface area contributed by atoms with Crippen molar-refractivity contribution in [3.8, 4) is 10.7 Å². The van der Waals surface area contributed by atoms with Gasteiger partial charge in [-0.1, -0.05) is 29.0 Å². The van der Waals surface area contributed by atoms with Crippen molar-refractivity contribution in [3.63, 3.8) is 0 Å². The highest BCUT2D eigenvalue weighted by molar-refractivity contribution is 7.89. The van der Waals surface area contributed by atoms with Crippen molar-refractivity contribution in [1.82, 2.24) is 19.5 Å². The Labute approximate surface area is 183 Å². The van der Waals surface area contributed by atoms with Crippen LogP contribution in [0.3, 0.4) is 0 Å². The molecule has 1 aliphatic heterocycles. The zero-order valence-electron chi connectivity index (χ0n) is 15.7. The monoisotopic (exact) mass is 463 g/mol. The number of nitrogens with one attached hydrogen (secondary N) is 1. The van der Waals surface area contributed by atoms with Crippen LogP contribution in [-0.4, -0.2) is 46.9 Å². The van der Waals surface area contributed by atoms with Gasteiger partial charge in [-0.2, -0.15) is 4.31 Å². The van der Waals surface area contributed by atoms with Gasteiger partial charge in [-0.15, -0.1) is 10.2 Å². The Hall–Kier alpha value is -2.40. The van der Waals surface area contributed by atoms with Crippen LogP contribution in [0.25, 0.3) is 10.7 Å². The fourth-order valence-corrected chi connectivity index (χ4v) is 5.51. The molecule has 4 rings (SSSR count). The Balaban J connectivity index is 1.36. The lowest BCUT2D eigenvalue weighted by Gasteiger charge is -2.30. The number of aromatic nitrogens is 3. The molecule has 0 unspecified atom stereocenters. The molecule has 1 aromatic carbocycles. The van der Waals surface area contributed by atoms with Crippen molar-refractivity contribution in [3.05, 3.63) is 53.7 Å². The number of amides is 1. The number of sulfonamides is 1. The third kappa shape index (κ3) is 4.51. The second-order valence-electron chi connectivity index (χ2n) is 6.75. The fraction of sp³-hybridized carbons (Fsp3) is 0.263. The molecule has 1 amide bonds. The van der Waals surface area contributed by atoms with Gasteiger partial charge in [0.15, 0.2) is 5.01 Å². The Kier molecular flexibility index (Phi) is 6.09. The molecule has 11 heteroatoms. The van der Waals surface area contributed by atoms with Crippen molar-refractivity contribution < 1.29 is 13.2 Å². The highest BCUT2D eigenvalue weighted by atomic mass is 35.5. The fourth-order valence-electron chi connectivity index (χ4n) is 3.19. The highest BCUT2D eigenvalue weighted by Gasteiger charge is 2.32. The van der Waals surface area contributed by atoms with Crippen LogP contribution in [0.5, 0.6) is 0 Å². The molecule has 3 aromatic rings. The van der Waals surface area contributed by atoms with Crippen molar-refractivity contribution in [2.75, 3.05) is 18.4 Å². The van der Waals surface area contributed by atoms with Crippen molar-refractivity contribution in [2.24, 2.45) is 5.92 Å². The predicted molar refractivity (Wildman–Crippen MR) is 115 cm³/mol. The first-order valence-corrected chi connectivity index (χ1v) is 11.9. The predicted octanol–water partition coefficient (Wildman–Crippen LogP) is 3.29. The molecule has 3 heterocycles. The smallest absolute Gasteiger partial charge is 0.243 e. The molecule has 1 saturated heterocycles. The lowest BCUT2D eigenvalue weighted by molar-refractivity contribution is -0.120. The third-order valence-corrected chi connectivity index (χ3v) is 7.84. The van der Waals surface area contributed by atoms with Gasteiger partial charge < -0.3 is 5.32 Å². The quantitative estimate of drug-likeness (QED) is 0.622. The van der Waals surface area contributed by atoms with E-state index in [0.29, 0.717) is 33.7 Å². The number of pyridine rings is 1. The molecule has 0 bridgehead atoms. The van der Waals surface area contributed by atoms with E-state index in [-0.39, 0.29) is 29.8 Å². The number of halogens is 1. The van der Waals surface area contributed by atoms with E-state index in [1.807, 2.05) is 18.2 Å². The number of hydrogen-bond acceptors (Lipinski definition) is 7. The molecule has 8 nitrogen and oxygen atoms in total. The molecule has 0 saturated carbocycles. The van der Waals surface area contributed by atoms with Crippen LogP contribution in [0.15, 0.2) is 53.6 Å². The van der Waals surface area contributed by atoms with Crippen LogP contribution in [0.1, 0.15) is 12.8 Å². The summed E-state index contributed by atoms with van der Waals surface area (Å²) in [7, 11) is -3.60. The number of benzene rings is 1. The van der Waals surface area contributed by atoms with E-state index in [9.17, 15) is 13.2 Å². The van der Waals surface area contributed by atoms with Crippen LogP contribution in [-0.2, 0) is 14.8 Å². The highest BCUT2D eigenvalue weighted by Crippen LogP contribution is 2.28. The average molecular weight is 464 g/mol. The number of rotatable bonds is 5. The van der Waals surface area contributed by atoms with Gasteiger partial charge >= 0.3 is 0 Å². The summed E-state index contributed by atoms with van der Waals surface area (Å²) in [6.07, 6.45) is 2.54. The van der Waals surface area contributed by atoms with Gasteiger partial charge in [-0.05, 0) is 49.2 Å². The lowest BCUT2D eigenvalue weighted by Crippen LogP contribution is -2.41. The minimum Gasteiger partial charge on any atom is -0.300 e. The van der Waals surface area contributed by atoms with Gasteiger partial charge in [0.1, 0.15) is 5.69 Å². The summed E-state index contributed by atoms with van der Waals surface area (Å²) in [5.41, 5.74) is 0.691. The van der Waals surface area contributed by atoms with Gasteiger partial charge in [0.05, 0.1) is 4.90 Å². The molecule has 0 aliphatic carbocycles. The van der Waals surface area contributed by atoms with E-state index in [2.05, 4.69) is 20.5 Å². The Morgan fingerprint density at radius 3 is 2.50 bits per heavy atom. The summed E-state index contributed by atoms with van der Waals surface area (Å²) in [4.78, 5) is 17.0. The Morgan fingerprint density at radius 2 is 1.83 bits per heavy atom. The normalized spacial score (nSPS) is 15.8. The van der Waals surface area contributed by atoms with Gasteiger partial charge in [0, 0.05) is 30.2 Å². The SMILES string of the molecule is O=C(Nc1nnc(-c2ccccn2)s1)C1CCN(S(=O)(=O)c2ccc(Cl)cc2)CC1. The van der Waals surface area contributed by atoms with Gasteiger partial charge in [0.25, 0.3) is 0 Å². The Bertz CT molecular complexity index is 1130. The second kappa shape index (κ2) is 8.76. The maximum atomic E-state index is 12.8. The standard InChI is InChI=1S/C19H18ClN5O3S2/c20-14-4-6-15(7-5-14)30(27,28)25-11-8-13(9-12-25)17(26)22-19-24-23-18(29-19)16-3-1-2-10-21-16/h1-7,10,13H,8-9,11-12H2,(H,22,24,26). The van der Waals surface area contributed by atoms with Crippen molar-refractivity contribution in [1.29, 1.82) is 0 Å². The number of piperidine rings is 1. The molecule has 0 radical (unpaired) electrons. The Morgan fingerprint density at radius 1 is 1.10 bits per heavy atom. The van der Waals surface area contributed by atoms with Gasteiger partial charge in [-0.25, -0.2) is 8.42 Å². The first kappa shape index (κ1) is 20.9. The summed E-state index contributed by atoms with van der Waals surface area (Å²) in [6, 6.07) is 11.6. The molecule has 0 atom stereocenters. The second-order valence-corrected chi connectivity index (χ2v) is 10.1. The molecule has 1 N–H and O–H groups in total. The van der Waals surface area contributed by atoms with Crippen LogP contribution in [0.2, 0.25) is 5.02 Å². The molecule has 30 heavy (non-hydrogen) atoms. The maximum absolute atomic E-state index is 12.8. The maximum Gasteiger partial charge on any atom is 0.243 e. The molecule has 156 valence electrons. The van der Waals surface area contributed by atoms with Crippen LogP contribution in [0, 0.1) is 5.92 Å². The number of carbonyl (C=O) groups excluding carboxylic acids is 1. The van der Waals surface area contributed by atoms with E-state index >= 15 is 0 Å². The molecule has 2 aromatic heterocycles. The topological polar surface area (TPSA) is 105 Å². The zero-order chi connectivity index (χ0) is 21.1. The average Bonchev–Trinajstić information content (AvgIpc) is 3.23. The van der Waals surface area contributed by atoms with E-state index in [1.54, 1.807) is 18.3 Å². The minimum absolute atomic E-state index is 0.178. The molecular weight excluding hydrogens is 446 g/mol. The largest absolute Gasteiger partial charge is 0.300 e. The third-order valence-electron chi connectivity index (χ3n) is 4.82. The first-order valence-electron chi connectivity index (χ1n) is 9.25. The number of hydrogen-bond donors (Lipinski definition) is 1. The summed E-state index contributed by atoms with van der Waals surface area (Å²) in [5, 5.41) is 12.4. The van der Waals surface area contributed by atoms with E-state index in [4.69, 9.17) is 11.6 Å².